The van der Waals surface area contributed by atoms with E-state index in [0.29, 0.717) is 44.1 Å². The first-order valence-corrected chi connectivity index (χ1v) is 13.0. The molecule has 1 saturated carbocycles. The molecule has 2 aliphatic heterocycles. The summed E-state index contributed by atoms with van der Waals surface area (Å²) in [5, 5.41) is 10.1. The standard InChI is InChI=1S/C28H35N5O3/c1-20-19-32(10-11-33(20)26(34)9-14-35-2)28-23(18-29)17-25(27(30-28)22-3-4-22)21-5-7-24(8-6-21)31-12-15-36-16-13-31/h5-8,17,20,22H,3-4,9-16,19H2,1-2H3. The van der Waals surface area contributed by atoms with Gasteiger partial charge in [-0.3, -0.25) is 4.79 Å². The maximum atomic E-state index is 12.6. The summed E-state index contributed by atoms with van der Waals surface area (Å²) in [6, 6.07) is 13.1. The number of piperazine rings is 1. The molecule has 190 valence electrons. The van der Waals surface area contributed by atoms with Gasteiger partial charge in [0.2, 0.25) is 5.91 Å². The van der Waals surface area contributed by atoms with Gasteiger partial charge < -0.3 is 24.2 Å². The second-order valence-electron chi connectivity index (χ2n) is 9.95. The maximum absolute atomic E-state index is 12.6. The Labute approximate surface area is 213 Å². The fourth-order valence-electron chi connectivity index (χ4n) is 5.27. The first-order chi connectivity index (χ1) is 17.6. The van der Waals surface area contributed by atoms with Crippen LogP contribution in [0.3, 0.4) is 0 Å². The van der Waals surface area contributed by atoms with Crippen LogP contribution in [0.2, 0.25) is 0 Å². The number of carbonyl (C=O) groups is 1. The van der Waals surface area contributed by atoms with Crippen molar-refractivity contribution >= 4 is 17.4 Å². The molecule has 3 heterocycles. The van der Waals surface area contributed by atoms with Crippen LogP contribution in [0.4, 0.5) is 11.5 Å². The van der Waals surface area contributed by atoms with Crippen molar-refractivity contribution in [3.8, 4) is 17.2 Å². The van der Waals surface area contributed by atoms with Gasteiger partial charge in [0.1, 0.15) is 11.9 Å². The second kappa shape index (κ2) is 10.9. The minimum absolute atomic E-state index is 0.0493. The van der Waals surface area contributed by atoms with Gasteiger partial charge in [0.25, 0.3) is 0 Å². The molecule has 1 amide bonds. The molecule has 8 heteroatoms. The maximum Gasteiger partial charge on any atom is 0.225 e. The number of nitriles is 1. The molecule has 1 aromatic carbocycles. The van der Waals surface area contributed by atoms with E-state index in [1.165, 1.54) is 5.69 Å². The Kier molecular flexibility index (Phi) is 7.40. The van der Waals surface area contributed by atoms with E-state index in [0.717, 1.165) is 61.8 Å². The van der Waals surface area contributed by atoms with Crippen LogP contribution in [-0.2, 0) is 14.3 Å². The Bertz CT molecular complexity index is 1120. The molecule has 0 bridgehead atoms. The zero-order valence-electron chi connectivity index (χ0n) is 21.3. The second-order valence-corrected chi connectivity index (χ2v) is 9.95. The first kappa shape index (κ1) is 24.5. The minimum Gasteiger partial charge on any atom is -0.384 e. The number of hydrogen-bond acceptors (Lipinski definition) is 7. The topological polar surface area (TPSA) is 81.9 Å². The highest BCUT2D eigenvalue weighted by atomic mass is 16.5. The number of hydrogen-bond donors (Lipinski definition) is 0. The molecule has 1 atom stereocenters. The molecule has 1 unspecified atom stereocenters. The molecule has 1 aliphatic carbocycles. The van der Waals surface area contributed by atoms with Crippen molar-refractivity contribution in [2.24, 2.45) is 0 Å². The average molecular weight is 490 g/mol. The van der Waals surface area contributed by atoms with Gasteiger partial charge in [-0.2, -0.15) is 5.26 Å². The number of nitrogens with zero attached hydrogens (tertiary/aromatic N) is 5. The van der Waals surface area contributed by atoms with Crippen molar-refractivity contribution in [2.75, 3.05) is 69.5 Å². The summed E-state index contributed by atoms with van der Waals surface area (Å²) in [7, 11) is 1.61. The SMILES string of the molecule is COCCC(=O)N1CCN(c2nc(C3CC3)c(-c3ccc(N4CCOCC4)cc3)cc2C#N)CC1C. The summed E-state index contributed by atoms with van der Waals surface area (Å²) in [6.07, 6.45) is 2.66. The van der Waals surface area contributed by atoms with E-state index < -0.39 is 0 Å². The summed E-state index contributed by atoms with van der Waals surface area (Å²) in [5.41, 5.74) is 5.05. The Morgan fingerprint density at radius 1 is 1.14 bits per heavy atom. The number of ether oxygens (including phenoxy) is 2. The molecule has 0 spiro atoms. The van der Waals surface area contributed by atoms with Crippen molar-refractivity contribution in [3.05, 3.63) is 41.6 Å². The van der Waals surface area contributed by atoms with Crippen LogP contribution in [0.15, 0.2) is 30.3 Å². The predicted molar refractivity (Wildman–Crippen MR) is 139 cm³/mol. The Morgan fingerprint density at radius 3 is 2.53 bits per heavy atom. The average Bonchev–Trinajstić information content (AvgIpc) is 3.77. The van der Waals surface area contributed by atoms with Crippen molar-refractivity contribution in [1.29, 1.82) is 5.26 Å². The van der Waals surface area contributed by atoms with Gasteiger partial charge >= 0.3 is 0 Å². The highest BCUT2D eigenvalue weighted by Gasteiger charge is 2.33. The van der Waals surface area contributed by atoms with Crippen LogP contribution in [0, 0.1) is 11.3 Å². The lowest BCUT2D eigenvalue weighted by molar-refractivity contribution is -0.134. The van der Waals surface area contributed by atoms with Crippen molar-refractivity contribution < 1.29 is 14.3 Å². The zero-order chi connectivity index (χ0) is 25.1. The van der Waals surface area contributed by atoms with Gasteiger partial charge in [0.05, 0.1) is 37.5 Å². The van der Waals surface area contributed by atoms with Gasteiger partial charge in [0, 0.05) is 63.0 Å². The summed E-state index contributed by atoms with van der Waals surface area (Å²) < 4.78 is 10.6. The van der Waals surface area contributed by atoms with Crippen LogP contribution >= 0.6 is 0 Å². The Morgan fingerprint density at radius 2 is 1.89 bits per heavy atom. The smallest absolute Gasteiger partial charge is 0.225 e. The Balaban J connectivity index is 1.39. The minimum atomic E-state index is 0.0493. The number of rotatable bonds is 7. The fraction of sp³-hybridized carbons (Fsp3) is 0.536. The summed E-state index contributed by atoms with van der Waals surface area (Å²) in [5.74, 6) is 1.32. The van der Waals surface area contributed by atoms with E-state index in [4.69, 9.17) is 14.5 Å². The van der Waals surface area contributed by atoms with Crippen LogP contribution < -0.4 is 9.80 Å². The molecule has 0 N–H and O–H groups in total. The van der Waals surface area contributed by atoms with Gasteiger partial charge in [-0.1, -0.05) is 12.1 Å². The van der Waals surface area contributed by atoms with Crippen LogP contribution in [0.25, 0.3) is 11.1 Å². The van der Waals surface area contributed by atoms with Crippen LogP contribution in [-0.4, -0.2) is 81.5 Å². The van der Waals surface area contributed by atoms with E-state index in [2.05, 4.69) is 47.1 Å². The lowest BCUT2D eigenvalue weighted by Gasteiger charge is -2.41. The molecule has 36 heavy (non-hydrogen) atoms. The number of aromatic nitrogens is 1. The molecular formula is C28H35N5O3. The number of anilines is 2. The molecule has 8 nitrogen and oxygen atoms in total. The van der Waals surface area contributed by atoms with Crippen molar-refractivity contribution in [1.82, 2.24) is 9.88 Å². The highest BCUT2D eigenvalue weighted by Crippen LogP contribution is 2.45. The van der Waals surface area contributed by atoms with E-state index in [1.807, 2.05) is 11.0 Å². The molecule has 0 radical (unpaired) electrons. The van der Waals surface area contributed by atoms with Gasteiger partial charge in [-0.25, -0.2) is 4.98 Å². The number of carbonyl (C=O) groups excluding carboxylic acids is 1. The normalized spacial score (nSPS) is 20.4. The molecule has 3 aliphatic rings. The first-order valence-electron chi connectivity index (χ1n) is 13.0. The third-order valence-electron chi connectivity index (χ3n) is 7.44. The zero-order valence-corrected chi connectivity index (χ0v) is 21.3. The van der Waals surface area contributed by atoms with Crippen LogP contribution in [0.1, 0.15) is 43.4 Å². The summed E-state index contributed by atoms with van der Waals surface area (Å²) in [4.78, 5) is 24.1. The van der Waals surface area contributed by atoms with Crippen molar-refractivity contribution in [2.45, 2.75) is 38.1 Å². The number of pyridine rings is 1. The molecule has 1 aromatic heterocycles. The lowest BCUT2D eigenvalue weighted by atomic mass is 9.98. The van der Waals surface area contributed by atoms with Gasteiger partial charge in [-0.05, 0) is 43.5 Å². The molecule has 2 aromatic rings. The van der Waals surface area contributed by atoms with Crippen LogP contribution in [0.5, 0.6) is 0 Å². The number of methoxy groups -OCH3 is 1. The highest BCUT2D eigenvalue weighted by molar-refractivity contribution is 5.77. The third kappa shape index (κ3) is 5.18. The van der Waals surface area contributed by atoms with E-state index >= 15 is 0 Å². The summed E-state index contributed by atoms with van der Waals surface area (Å²) in [6.45, 7) is 7.80. The molecular weight excluding hydrogens is 454 g/mol. The molecule has 2 saturated heterocycles. The van der Waals surface area contributed by atoms with Gasteiger partial charge in [-0.15, -0.1) is 0 Å². The van der Waals surface area contributed by atoms with E-state index in [-0.39, 0.29) is 11.9 Å². The third-order valence-corrected chi connectivity index (χ3v) is 7.44. The quantitative estimate of drug-likeness (QED) is 0.590. The van der Waals surface area contributed by atoms with Crippen molar-refractivity contribution in [3.63, 3.8) is 0 Å². The van der Waals surface area contributed by atoms with Gasteiger partial charge in [0.15, 0.2) is 0 Å². The Hall–Kier alpha value is -3.15. The number of amides is 1. The number of benzene rings is 1. The summed E-state index contributed by atoms with van der Waals surface area (Å²) >= 11 is 0. The predicted octanol–water partition coefficient (Wildman–Crippen LogP) is 3.41. The van der Waals surface area contributed by atoms with E-state index in [9.17, 15) is 10.1 Å². The van der Waals surface area contributed by atoms with E-state index in [1.54, 1.807) is 7.11 Å². The largest absolute Gasteiger partial charge is 0.384 e. The molecule has 3 fully saturated rings. The fourth-order valence-corrected chi connectivity index (χ4v) is 5.27. The lowest BCUT2D eigenvalue weighted by Crippen LogP contribution is -2.54. The monoisotopic (exact) mass is 489 g/mol. The molecule has 5 rings (SSSR count). The number of morpholine rings is 1.